The Hall–Kier alpha value is -2.49. The molecule has 4 nitrogen and oxygen atoms in total. The number of aryl methyl sites for hydroxylation is 1. The molecule has 4 heteroatoms. The molecule has 124 valence electrons. The van der Waals surface area contributed by atoms with Crippen LogP contribution in [0.3, 0.4) is 0 Å². The van der Waals surface area contributed by atoms with Gasteiger partial charge >= 0.3 is 0 Å². The number of benzene rings is 1. The quantitative estimate of drug-likeness (QED) is 0.766. The summed E-state index contributed by atoms with van der Waals surface area (Å²) < 4.78 is 5.29. The van der Waals surface area contributed by atoms with E-state index in [9.17, 15) is 4.79 Å². The van der Waals surface area contributed by atoms with Gasteiger partial charge in [0, 0.05) is 35.1 Å². The highest BCUT2D eigenvalue weighted by Crippen LogP contribution is 2.32. The van der Waals surface area contributed by atoms with E-state index in [4.69, 9.17) is 4.42 Å². The Bertz CT molecular complexity index is 861. The molecule has 0 bridgehead atoms. The largest absolute Gasteiger partial charge is 0.469 e. The van der Waals surface area contributed by atoms with Crippen molar-refractivity contribution in [3.63, 3.8) is 0 Å². The van der Waals surface area contributed by atoms with Gasteiger partial charge in [0.25, 0.3) is 5.91 Å². The Morgan fingerprint density at radius 1 is 1.38 bits per heavy atom. The van der Waals surface area contributed by atoms with E-state index in [-0.39, 0.29) is 5.91 Å². The van der Waals surface area contributed by atoms with E-state index < -0.39 is 0 Å². The first kappa shape index (κ1) is 15.1. The molecule has 0 saturated heterocycles. The fourth-order valence-electron chi connectivity index (χ4n) is 3.59. The van der Waals surface area contributed by atoms with Gasteiger partial charge in [-0.05, 0) is 61.1 Å². The molecule has 2 heterocycles. The lowest BCUT2D eigenvalue weighted by atomic mass is 9.87. The number of aromatic nitrogens is 1. The molecule has 1 aliphatic carbocycles. The van der Waals surface area contributed by atoms with E-state index in [2.05, 4.69) is 17.2 Å². The summed E-state index contributed by atoms with van der Waals surface area (Å²) in [5, 5.41) is 4.18. The normalized spacial score (nSPS) is 17.0. The van der Waals surface area contributed by atoms with Gasteiger partial charge in [-0.3, -0.25) is 4.79 Å². The highest BCUT2D eigenvalue weighted by molar-refractivity contribution is 5.99. The average molecular weight is 322 g/mol. The van der Waals surface area contributed by atoms with Gasteiger partial charge in [-0.25, -0.2) is 0 Å². The fourth-order valence-corrected chi connectivity index (χ4v) is 3.59. The van der Waals surface area contributed by atoms with Crippen LogP contribution in [0, 0.1) is 5.92 Å². The fraction of sp³-hybridized carbons (Fsp3) is 0.350. The first-order chi connectivity index (χ1) is 11.7. The second-order valence-corrected chi connectivity index (χ2v) is 6.78. The summed E-state index contributed by atoms with van der Waals surface area (Å²) in [6.45, 7) is 2.87. The predicted octanol–water partition coefficient (Wildman–Crippen LogP) is 3.86. The second-order valence-electron chi connectivity index (χ2n) is 6.78. The minimum absolute atomic E-state index is 0.0257. The zero-order chi connectivity index (χ0) is 16.5. The van der Waals surface area contributed by atoms with Crippen molar-refractivity contribution in [1.82, 2.24) is 10.3 Å². The van der Waals surface area contributed by atoms with E-state index in [1.807, 2.05) is 30.3 Å². The molecular weight excluding hydrogens is 300 g/mol. The van der Waals surface area contributed by atoms with E-state index >= 15 is 0 Å². The Morgan fingerprint density at radius 2 is 2.29 bits per heavy atom. The topological polar surface area (TPSA) is 58.0 Å². The molecule has 0 aliphatic heterocycles. The molecule has 2 aromatic heterocycles. The summed E-state index contributed by atoms with van der Waals surface area (Å²) in [5.41, 5.74) is 4.61. The van der Waals surface area contributed by atoms with Crippen molar-refractivity contribution in [2.45, 2.75) is 32.6 Å². The molecule has 1 unspecified atom stereocenters. The van der Waals surface area contributed by atoms with Gasteiger partial charge in [0.05, 0.1) is 6.26 Å². The molecule has 4 rings (SSSR count). The molecule has 1 aliphatic rings. The van der Waals surface area contributed by atoms with Crippen LogP contribution in [0.2, 0.25) is 0 Å². The number of nitrogens with one attached hydrogen (secondary N) is 2. The third kappa shape index (κ3) is 2.84. The Balaban J connectivity index is 1.51. The minimum Gasteiger partial charge on any atom is -0.469 e. The van der Waals surface area contributed by atoms with Crippen molar-refractivity contribution in [3.05, 3.63) is 59.2 Å². The monoisotopic (exact) mass is 322 g/mol. The molecule has 0 fully saturated rings. The summed E-state index contributed by atoms with van der Waals surface area (Å²) in [5.74, 6) is 1.57. The van der Waals surface area contributed by atoms with E-state index in [1.54, 1.807) is 6.26 Å². The van der Waals surface area contributed by atoms with Crippen molar-refractivity contribution in [1.29, 1.82) is 0 Å². The molecular formula is C20H22N2O2. The third-order valence-electron chi connectivity index (χ3n) is 4.93. The summed E-state index contributed by atoms with van der Waals surface area (Å²) >= 11 is 0. The zero-order valence-electron chi connectivity index (χ0n) is 13.9. The van der Waals surface area contributed by atoms with Crippen molar-refractivity contribution in [2.24, 2.45) is 5.92 Å². The number of carbonyl (C=O) groups is 1. The number of furan rings is 1. The Kier molecular flexibility index (Phi) is 3.89. The number of fused-ring (bicyclic) bond motifs is 3. The SMILES string of the molecule is CC1CCc2[nH]c3ccc(C(=O)NCCc4ccco4)cc3c2C1. The molecule has 1 atom stereocenters. The third-order valence-corrected chi connectivity index (χ3v) is 4.93. The highest BCUT2D eigenvalue weighted by atomic mass is 16.3. The lowest BCUT2D eigenvalue weighted by Crippen LogP contribution is -2.25. The number of carbonyl (C=O) groups excluding carboxylic acids is 1. The lowest BCUT2D eigenvalue weighted by molar-refractivity contribution is 0.0954. The van der Waals surface area contributed by atoms with Gasteiger partial charge in [0.15, 0.2) is 0 Å². The maximum absolute atomic E-state index is 12.4. The van der Waals surface area contributed by atoms with Crippen LogP contribution >= 0.6 is 0 Å². The van der Waals surface area contributed by atoms with Gasteiger partial charge in [-0.2, -0.15) is 0 Å². The predicted molar refractivity (Wildman–Crippen MR) is 94.2 cm³/mol. The number of aromatic amines is 1. The second kappa shape index (κ2) is 6.19. The summed E-state index contributed by atoms with van der Waals surface area (Å²) in [6.07, 6.45) is 5.80. The molecule has 2 N–H and O–H groups in total. The smallest absolute Gasteiger partial charge is 0.251 e. The number of H-pyrrole nitrogens is 1. The van der Waals surface area contributed by atoms with Gasteiger partial charge in [0.1, 0.15) is 5.76 Å². The van der Waals surface area contributed by atoms with Crippen LogP contribution in [-0.2, 0) is 19.3 Å². The van der Waals surface area contributed by atoms with Crippen molar-refractivity contribution < 1.29 is 9.21 Å². The van der Waals surface area contributed by atoms with Gasteiger partial charge in [-0.1, -0.05) is 6.92 Å². The lowest BCUT2D eigenvalue weighted by Gasteiger charge is -2.18. The molecule has 0 spiro atoms. The van der Waals surface area contributed by atoms with E-state index in [1.165, 1.54) is 23.1 Å². The van der Waals surface area contributed by atoms with Gasteiger partial charge in [-0.15, -0.1) is 0 Å². The van der Waals surface area contributed by atoms with Crippen LogP contribution in [0.4, 0.5) is 0 Å². The molecule has 24 heavy (non-hydrogen) atoms. The Morgan fingerprint density at radius 3 is 3.12 bits per heavy atom. The summed E-state index contributed by atoms with van der Waals surface area (Å²) in [4.78, 5) is 15.9. The van der Waals surface area contributed by atoms with Crippen molar-refractivity contribution in [2.75, 3.05) is 6.54 Å². The molecule has 0 radical (unpaired) electrons. The van der Waals surface area contributed by atoms with Crippen molar-refractivity contribution in [3.8, 4) is 0 Å². The van der Waals surface area contributed by atoms with Crippen LogP contribution in [-0.4, -0.2) is 17.4 Å². The van der Waals surface area contributed by atoms with Gasteiger partial charge in [0.2, 0.25) is 0 Å². The van der Waals surface area contributed by atoms with Gasteiger partial charge < -0.3 is 14.7 Å². The summed E-state index contributed by atoms with van der Waals surface area (Å²) in [6, 6.07) is 9.74. The molecule has 0 saturated carbocycles. The first-order valence-electron chi connectivity index (χ1n) is 8.65. The molecule has 3 aromatic rings. The van der Waals surface area contributed by atoms with Crippen LogP contribution in [0.1, 0.15) is 40.7 Å². The maximum Gasteiger partial charge on any atom is 0.251 e. The van der Waals surface area contributed by atoms with Crippen LogP contribution in [0.25, 0.3) is 10.9 Å². The molecule has 1 amide bonds. The van der Waals surface area contributed by atoms with Crippen molar-refractivity contribution >= 4 is 16.8 Å². The first-order valence-corrected chi connectivity index (χ1v) is 8.65. The molecule has 1 aromatic carbocycles. The van der Waals surface area contributed by atoms with Crippen LogP contribution in [0.5, 0.6) is 0 Å². The van der Waals surface area contributed by atoms with Crippen LogP contribution < -0.4 is 5.32 Å². The highest BCUT2D eigenvalue weighted by Gasteiger charge is 2.20. The average Bonchev–Trinajstić information content (AvgIpc) is 3.21. The number of amides is 1. The van der Waals surface area contributed by atoms with E-state index in [0.29, 0.717) is 18.9 Å². The number of hydrogen-bond acceptors (Lipinski definition) is 2. The zero-order valence-corrected chi connectivity index (χ0v) is 13.9. The van der Waals surface area contributed by atoms with E-state index in [0.717, 1.165) is 29.7 Å². The number of rotatable bonds is 4. The standard InChI is InChI=1S/C20H22N2O2/c1-13-4-6-18-16(11-13)17-12-14(5-7-19(17)22-18)20(23)21-9-8-15-3-2-10-24-15/h2-3,5,7,10,12-13,22H,4,6,8-9,11H2,1H3,(H,21,23). The maximum atomic E-state index is 12.4. The number of hydrogen-bond donors (Lipinski definition) is 2. The Labute approximate surface area is 141 Å². The minimum atomic E-state index is -0.0257. The van der Waals surface area contributed by atoms with Crippen LogP contribution in [0.15, 0.2) is 41.0 Å². The summed E-state index contributed by atoms with van der Waals surface area (Å²) in [7, 11) is 0.